The first-order valence-electron chi connectivity index (χ1n) is 16.5. The van der Waals surface area contributed by atoms with Crippen LogP contribution in [0.25, 0.3) is 33.2 Å². The molecule has 0 bridgehead atoms. The molecule has 5 heteroatoms. The highest BCUT2D eigenvalue weighted by atomic mass is 79.9. The molecule has 1 spiro atoms. The fraction of sp³-hybridized carbons (Fsp3) is 0.116. The van der Waals surface area contributed by atoms with E-state index in [0.717, 1.165) is 44.6 Å². The molecule has 7 aromatic rings. The largest absolute Gasteiger partial charge is 0.469 e. The van der Waals surface area contributed by atoms with E-state index in [9.17, 15) is 0 Å². The van der Waals surface area contributed by atoms with Crippen molar-refractivity contribution in [1.82, 2.24) is 9.97 Å². The molecule has 5 unspecified atom stereocenters. The number of hydrogen-bond donors (Lipinski definition) is 0. The maximum absolute atomic E-state index is 6.77. The van der Waals surface area contributed by atoms with E-state index in [0.29, 0.717) is 5.88 Å². The number of furan rings is 1. The summed E-state index contributed by atoms with van der Waals surface area (Å²) in [5.74, 6) is 1.42. The van der Waals surface area contributed by atoms with Gasteiger partial charge in [-0.1, -0.05) is 137 Å². The third kappa shape index (κ3) is 2.52. The SMILES string of the molecule is BrC12c3ccccc3C3(c4nc5c(c(-c6cccc7c6oc6ccccc67)n4)C4C=CC=CC4O5)c4ccccc4C13c1ccccc12. The highest BCUT2D eigenvalue weighted by Gasteiger charge is 2.84. The number of hydrogen-bond acceptors (Lipinski definition) is 4. The van der Waals surface area contributed by atoms with Crippen LogP contribution in [0.2, 0.25) is 0 Å². The summed E-state index contributed by atoms with van der Waals surface area (Å²) >= 11 is 4.45. The monoisotopic (exact) mass is 680 g/mol. The first kappa shape index (κ1) is 25.8. The van der Waals surface area contributed by atoms with E-state index >= 15 is 0 Å². The van der Waals surface area contributed by atoms with E-state index < -0.39 is 15.2 Å². The zero-order chi connectivity index (χ0) is 31.4. The topological polar surface area (TPSA) is 48.2 Å². The third-order valence-corrected chi connectivity index (χ3v) is 13.2. The highest BCUT2D eigenvalue weighted by molar-refractivity contribution is 9.09. The van der Waals surface area contributed by atoms with Crippen LogP contribution < -0.4 is 4.74 Å². The Bertz CT molecular complexity index is 2670. The Balaban J connectivity index is 1.23. The van der Waals surface area contributed by atoms with E-state index in [4.69, 9.17) is 19.1 Å². The minimum absolute atomic E-state index is 0.00406. The van der Waals surface area contributed by atoms with Gasteiger partial charge in [0.25, 0.3) is 0 Å². The van der Waals surface area contributed by atoms with Crippen LogP contribution >= 0.6 is 15.9 Å². The number of aromatic nitrogens is 2. The molecule has 5 aromatic carbocycles. The first-order chi connectivity index (χ1) is 23.7. The minimum atomic E-state index is -0.646. The van der Waals surface area contributed by atoms with Crippen LogP contribution in [0.1, 0.15) is 50.7 Å². The smallest absolute Gasteiger partial charge is 0.221 e. The molecule has 5 atom stereocenters. The van der Waals surface area contributed by atoms with Crippen molar-refractivity contribution in [2.45, 2.75) is 27.2 Å². The Morgan fingerprint density at radius 3 is 2.04 bits per heavy atom. The first-order valence-corrected chi connectivity index (χ1v) is 17.3. The van der Waals surface area contributed by atoms with Crippen LogP contribution in [0.15, 0.2) is 144 Å². The average molecular weight is 682 g/mol. The predicted octanol–water partition coefficient (Wildman–Crippen LogP) is 9.61. The lowest BCUT2D eigenvalue weighted by Crippen LogP contribution is -2.69. The second-order valence-corrected chi connectivity index (χ2v) is 14.8. The van der Waals surface area contributed by atoms with Crippen molar-refractivity contribution in [2.24, 2.45) is 0 Å². The van der Waals surface area contributed by atoms with Crippen molar-refractivity contribution >= 4 is 37.9 Å². The number of benzene rings is 5. The summed E-state index contributed by atoms with van der Waals surface area (Å²) < 4.78 is 13.0. The van der Waals surface area contributed by atoms with Crippen LogP contribution in [0, 0.1) is 0 Å². The Kier molecular flexibility index (Phi) is 4.52. The van der Waals surface area contributed by atoms with Gasteiger partial charge in [0.2, 0.25) is 5.88 Å². The zero-order valence-corrected chi connectivity index (χ0v) is 27.1. The molecule has 0 saturated heterocycles. The Morgan fingerprint density at radius 2 is 1.23 bits per heavy atom. The lowest BCUT2D eigenvalue weighted by atomic mass is 9.36. The normalized spacial score (nSPS) is 27.5. The van der Waals surface area contributed by atoms with Crippen molar-refractivity contribution in [2.75, 3.05) is 0 Å². The summed E-state index contributed by atoms with van der Waals surface area (Å²) in [6, 6.07) is 41.3. The molecule has 2 aromatic heterocycles. The molecule has 3 heterocycles. The van der Waals surface area contributed by atoms with Gasteiger partial charge in [-0.05, 0) is 51.6 Å². The van der Waals surface area contributed by atoms with E-state index in [-0.39, 0.29) is 12.0 Å². The summed E-state index contributed by atoms with van der Waals surface area (Å²) in [7, 11) is 0. The van der Waals surface area contributed by atoms with Gasteiger partial charge in [-0.25, -0.2) is 4.98 Å². The molecule has 1 aliphatic heterocycles. The molecule has 0 fully saturated rings. The van der Waals surface area contributed by atoms with E-state index in [1.165, 1.54) is 33.4 Å². The third-order valence-electron chi connectivity index (χ3n) is 11.8. The molecular weight excluding hydrogens is 656 g/mol. The predicted molar refractivity (Wildman–Crippen MR) is 190 cm³/mol. The molecule has 4 aliphatic carbocycles. The van der Waals surface area contributed by atoms with Gasteiger partial charge >= 0.3 is 0 Å². The second-order valence-electron chi connectivity index (χ2n) is 13.6. The average Bonchev–Trinajstić information content (AvgIpc) is 3.74. The fourth-order valence-electron chi connectivity index (χ4n) is 10.2. The number of allylic oxidation sites excluding steroid dienone is 2. The second kappa shape index (κ2) is 8.41. The Morgan fingerprint density at radius 1 is 0.604 bits per heavy atom. The summed E-state index contributed by atoms with van der Waals surface area (Å²) in [6.07, 6.45) is 8.38. The van der Waals surface area contributed by atoms with Gasteiger partial charge in [0.15, 0.2) is 0 Å². The number of fused-ring (bicyclic) bond motifs is 13. The van der Waals surface area contributed by atoms with Crippen LogP contribution in [0.3, 0.4) is 0 Å². The molecule has 48 heavy (non-hydrogen) atoms. The number of rotatable bonds is 2. The number of alkyl halides is 1. The van der Waals surface area contributed by atoms with Gasteiger partial charge in [0.1, 0.15) is 23.1 Å². The molecule has 0 N–H and O–H groups in total. The number of ether oxygens (including phenoxy) is 1. The molecule has 12 rings (SSSR count). The van der Waals surface area contributed by atoms with Gasteiger partial charge in [-0.2, -0.15) is 4.98 Å². The van der Waals surface area contributed by atoms with Crippen LogP contribution in [0.5, 0.6) is 5.88 Å². The van der Waals surface area contributed by atoms with Gasteiger partial charge in [0.05, 0.1) is 32.3 Å². The molecule has 0 amide bonds. The van der Waals surface area contributed by atoms with Crippen molar-refractivity contribution in [3.63, 3.8) is 0 Å². The lowest BCUT2D eigenvalue weighted by Gasteiger charge is -2.67. The lowest BCUT2D eigenvalue weighted by molar-refractivity contribution is 0.225. The van der Waals surface area contributed by atoms with E-state index in [1.807, 2.05) is 12.1 Å². The summed E-state index contributed by atoms with van der Waals surface area (Å²) in [4.78, 5) is 11.3. The number of para-hydroxylation sites is 2. The van der Waals surface area contributed by atoms with E-state index in [2.05, 4.69) is 143 Å². The Hall–Kier alpha value is -5.26. The van der Waals surface area contributed by atoms with E-state index in [1.54, 1.807) is 0 Å². The quantitative estimate of drug-likeness (QED) is 0.171. The highest BCUT2D eigenvalue weighted by Crippen LogP contribution is 2.85. The maximum atomic E-state index is 6.77. The van der Waals surface area contributed by atoms with Gasteiger partial charge in [0, 0.05) is 16.3 Å². The summed E-state index contributed by atoms with van der Waals surface area (Å²) in [6.45, 7) is 0. The Labute approximate surface area is 284 Å². The fourth-order valence-corrected chi connectivity index (χ4v) is 11.6. The molecule has 4 nitrogen and oxygen atoms in total. The van der Waals surface area contributed by atoms with Gasteiger partial charge in [-0.15, -0.1) is 0 Å². The van der Waals surface area contributed by atoms with Gasteiger partial charge in [-0.3, -0.25) is 0 Å². The summed E-state index contributed by atoms with van der Waals surface area (Å²) in [5, 5.41) is 2.18. The van der Waals surface area contributed by atoms with Crippen molar-refractivity contribution in [3.05, 3.63) is 184 Å². The maximum Gasteiger partial charge on any atom is 0.221 e. The van der Waals surface area contributed by atoms with Crippen molar-refractivity contribution in [3.8, 4) is 17.1 Å². The molecule has 0 radical (unpaired) electrons. The molecule has 5 aliphatic rings. The van der Waals surface area contributed by atoms with Crippen molar-refractivity contribution < 1.29 is 9.15 Å². The van der Waals surface area contributed by atoms with Crippen LogP contribution in [-0.4, -0.2) is 16.1 Å². The summed E-state index contributed by atoms with van der Waals surface area (Å²) in [5.41, 5.74) is 11.2. The standard InChI is InChI=1S/C43H25BrN2O2/c44-43-32-20-7-4-17-29(32)41(28-16-3-5-18-30(28)42(41,43)31-19-6-8-21-33(31)43)40-45-37(36-26-13-2-10-23-35(26)48-39(36)46-40)27-15-11-14-25-24-12-1-9-22-34(24)47-38(25)27/h1-23,26,35H. The number of nitrogens with zero attached hydrogens (tertiary/aromatic N) is 2. The molecule has 226 valence electrons. The van der Waals surface area contributed by atoms with Crippen LogP contribution in [-0.2, 0) is 15.2 Å². The van der Waals surface area contributed by atoms with Crippen molar-refractivity contribution in [1.29, 1.82) is 0 Å². The molecular formula is C43H25BrN2O2. The zero-order valence-electron chi connectivity index (χ0n) is 25.5. The van der Waals surface area contributed by atoms with Gasteiger partial charge < -0.3 is 9.15 Å². The minimum Gasteiger partial charge on any atom is -0.469 e. The number of halogens is 1. The van der Waals surface area contributed by atoms with Crippen LogP contribution in [0.4, 0.5) is 0 Å². The molecule has 0 saturated carbocycles.